The van der Waals surface area contributed by atoms with E-state index in [9.17, 15) is 0 Å². The second kappa shape index (κ2) is 8.27. The number of hydrogen-bond donors (Lipinski definition) is 0. The molecule has 29 heavy (non-hydrogen) atoms. The molecule has 3 aromatic carbocycles. The molecule has 148 valence electrons. The largest absolute Gasteiger partial charge is 0.493 e. The highest BCUT2D eigenvalue weighted by atomic mass is 16.5. The van der Waals surface area contributed by atoms with E-state index in [1.165, 1.54) is 11.1 Å². The van der Waals surface area contributed by atoms with Crippen LogP contribution in [0.25, 0.3) is 0 Å². The number of methoxy groups -OCH3 is 3. The molecule has 0 radical (unpaired) electrons. The molecule has 0 aliphatic carbocycles. The van der Waals surface area contributed by atoms with Gasteiger partial charge in [0.15, 0.2) is 11.5 Å². The van der Waals surface area contributed by atoms with Crippen molar-refractivity contribution in [3.05, 3.63) is 77.4 Å². The van der Waals surface area contributed by atoms with Gasteiger partial charge in [-0.05, 0) is 48.2 Å². The van der Waals surface area contributed by atoms with E-state index in [0.717, 1.165) is 29.8 Å². The predicted octanol–water partition coefficient (Wildman–Crippen LogP) is 4.98. The number of nitrogens with zero attached hydrogens (tertiary/aromatic N) is 2. The maximum Gasteiger partial charge on any atom is 0.203 e. The summed E-state index contributed by atoms with van der Waals surface area (Å²) in [4.78, 5) is 0. The van der Waals surface area contributed by atoms with Crippen LogP contribution in [0.2, 0.25) is 0 Å². The summed E-state index contributed by atoms with van der Waals surface area (Å²) >= 11 is 0. The summed E-state index contributed by atoms with van der Waals surface area (Å²) in [5.74, 6) is 1.77. The summed E-state index contributed by atoms with van der Waals surface area (Å²) in [6.07, 6.45) is 3.80. The Kier molecular flexibility index (Phi) is 5.38. The third-order valence-corrected chi connectivity index (χ3v) is 5.11. The van der Waals surface area contributed by atoms with Gasteiger partial charge in [-0.15, -0.1) is 0 Å². The molecule has 3 aromatic rings. The van der Waals surface area contributed by atoms with Gasteiger partial charge in [-0.3, -0.25) is 0 Å². The molecule has 4 rings (SSSR count). The zero-order valence-electron chi connectivity index (χ0n) is 16.9. The first-order valence-corrected chi connectivity index (χ1v) is 9.55. The monoisotopic (exact) mass is 388 g/mol. The molecule has 0 atom stereocenters. The molecule has 1 aliphatic heterocycles. The second-order valence-corrected chi connectivity index (χ2v) is 6.77. The highest BCUT2D eigenvalue weighted by molar-refractivity contribution is 5.85. The van der Waals surface area contributed by atoms with Gasteiger partial charge in [0.1, 0.15) is 0 Å². The van der Waals surface area contributed by atoms with E-state index in [2.05, 4.69) is 48.5 Å². The van der Waals surface area contributed by atoms with Crippen molar-refractivity contribution >= 4 is 17.6 Å². The molecule has 0 bridgehead atoms. The topological polar surface area (TPSA) is 43.3 Å². The minimum atomic E-state index is 0.567. The van der Waals surface area contributed by atoms with Gasteiger partial charge in [-0.25, -0.2) is 5.01 Å². The van der Waals surface area contributed by atoms with Gasteiger partial charge in [0, 0.05) is 5.56 Å². The second-order valence-electron chi connectivity index (χ2n) is 6.77. The van der Waals surface area contributed by atoms with Crippen molar-refractivity contribution < 1.29 is 14.2 Å². The Hall–Kier alpha value is -3.47. The fourth-order valence-electron chi connectivity index (χ4n) is 3.68. The lowest BCUT2D eigenvalue weighted by molar-refractivity contribution is 0.324. The van der Waals surface area contributed by atoms with Gasteiger partial charge >= 0.3 is 0 Å². The van der Waals surface area contributed by atoms with Crippen molar-refractivity contribution in [3.63, 3.8) is 0 Å². The van der Waals surface area contributed by atoms with Gasteiger partial charge < -0.3 is 14.2 Å². The number of aryl methyl sites for hydroxylation is 2. The number of anilines is 2. The maximum atomic E-state index is 5.46. The van der Waals surface area contributed by atoms with Crippen molar-refractivity contribution in [2.75, 3.05) is 26.3 Å². The first-order chi connectivity index (χ1) is 14.2. The van der Waals surface area contributed by atoms with Crippen LogP contribution in [0.15, 0.2) is 65.8 Å². The summed E-state index contributed by atoms with van der Waals surface area (Å²) in [7, 11) is 4.82. The van der Waals surface area contributed by atoms with E-state index < -0.39 is 0 Å². The summed E-state index contributed by atoms with van der Waals surface area (Å²) in [6.45, 7) is 0. The molecule has 0 saturated carbocycles. The van der Waals surface area contributed by atoms with Gasteiger partial charge in [0.05, 0.1) is 38.9 Å². The van der Waals surface area contributed by atoms with Crippen molar-refractivity contribution in [1.29, 1.82) is 0 Å². The predicted molar refractivity (Wildman–Crippen MR) is 116 cm³/mol. The summed E-state index contributed by atoms with van der Waals surface area (Å²) in [5.41, 5.74) is 5.62. The van der Waals surface area contributed by atoms with E-state index >= 15 is 0 Å². The number of para-hydroxylation sites is 2. The fourth-order valence-corrected chi connectivity index (χ4v) is 3.68. The highest BCUT2D eigenvalue weighted by Crippen LogP contribution is 2.39. The van der Waals surface area contributed by atoms with E-state index in [0.29, 0.717) is 17.2 Å². The Bertz CT molecular complexity index is 973. The van der Waals surface area contributed by atoms with Crippen LogP contribution in [0.3, 0.4) is 0 Å². The number of fused-ring (bicyclic) bond motifs is 2. The smallest absolute Gasteiger partial charge is 0.203 e. The number of hydrogen-bond acceptors (Lipinski definition) is 5. The third kappa shape index (κ3) is 3.63. The summed E-state index contributed by atoms with van der Waals surface area (Å²) in [6, 6.07) is 20.6. The van der Waals surface area contributed by atoms with E-state index in [-0.39, 0.29) is 0 Å². The first kappa shape index (κ1) is 18.9. The molecule has 0 N–H and O–H groups in total. The fraction of sp³-hybridized carbons (Fsp3) is 0.208. The molecule has 0 spiro atoms. The highest BCUT2D eigenvalue weighted by Gasteiger charge is 2.19. The normalized spacial score (nSPS) is 12.9. The molecule has 0 aromatic heterocycles. The lowest BCUT2D eigenvalue weighted by atomic mass is 10.0. The van der Waals surface area contributed by atoms with Crippen molar-refractivity contribution in [2.24, 2.45) is 5.10 Å². The van der Waals surface area contributed by atoms with Gasteiger partial charge in [0.25, 0.3) is 0 Å². The molecule has 0 saturated heterocycles. The molecule has 5 nitrogen and oxygen atoms in total. The van der Waals surface area contributed by atoms with Gasteiger partial charge in [-0.2, -0.15) is 5.10 Å². The van der Waals surface area contributed by atoms with E-state index in [4.69, 9.17) is 19.3 Å². The SMILES string of the molecule is COc1cc(/C=N/N2c3ccccc3CCc3ccccc32)cc(OC)c1OC. The van der Waals surface area contributed by atoms with Crippen LogP contribution < -0.4 is 19.2 Å². The zero-order chi connectivity index (χ0) is 20.2. The zero-order valence-corrected chi connectivity index (χ0v) is 16.9. The lowest BCUT2D eigenvalue weighted by Gasteiger charge is -2.21. The number of ether oxygens (including phenoxy) is 3. The van der Waals surface area contributed by atoms with Gasteiger partial charge in [-0.1, -0.05) is 36.4 Å². The average molecular weight is 388 g/mol. The molecule has 0 amide bonds. The Morgan fingerprint density at radius 3 is 1.76 bits per heavy atom. The average Bonchev–Trinajstić information content (AvgIpc) is 2.93. The number of hydrazone groups is 1. The van der Waals surface area contributed by atoms with Crippen LogP contribution >= 0.6 is 0 Å². The van der Waals surface area contributed by atoms with E-state index in [1.807, 2.05) is 23.4 Å². The molecule has 0 unspecified atom stereocenters. The van der Waals surface area contributed by atoms with Crippen molar-refractivity contribution in [3.8, 4) is 17.2 Å². The first-order valence-electron chi connectivity index (χ1n) is 9.55. The van der Waals surface area contributed by atoms with Crippen LogP contribution in [0.5, 0.6) is 17.2 Å². The molecule has 0 fully saturated rings. The number of benzene rings is 3. The lowest BCUT2D eigenvalue weighted by Crippen LogP contribution is -2.11. The Morgan fingerprint density at radius 2 is 1.28 bits per heavy atom. The van der Waals surface area contributed by atoms with Crippen LogP contribution in [0.4, 0.5) is 11.4 Å². The molecule has 1 aliphatic rings. The summed E-state index contributed by atoms with van der Waals surface area (Å²) < 4.78 is 16.3. The standard InChI is InChI=1S/C24H24N2O3/c1-27-22-14-17(15-23(28-2)24(22)29-3)16-25-26-20-10-6-4-8-18(20)12-13-19-9-5-7-11-21(19)26/h4-11,14-16H,12-13H2,1-3H3/b25-16+. The van der Waals surface area contributed by atoms with Crippen LogP contribution in [-0.2, 0) is 12.8 Å². The molecular weight excluding hydrogens is 364 g/mol. The van der Waals surface area contributed by atoms with Gasteiger partial charge in [0.2, 0.25) is 5.75 Å². The third-order valence-electron chi connectivity index (χ3n) is 5.11. The van der Waals surface area contributed by atoms with Crippen LogP contribution in [-0.4, -0.2) is 27.5 Å². The van der Waals surface area contributed by atoms with Crippen LogP contribution in [0.1, 0.15) is 16.7 Å². The Morgan fingerprint density at radius 1 is 0.759 bits per heavy atom. The van der Waals surface area contributed by atoms with Crippen molar-refractivity contribution in [1.82, 2.24) is 0 Å². The molecular formula is C24H24N2O3. The van der Waals surface area contributed by atoms with E-state index in [1.54, 1.807) is 21.3 Å². The molecule has 1 heterocycles. The van der Waals surface area contributed by atoms with Crippen LogP contribution in [0, 0.1) is 0 Å². The molecule has 5 heteroatoms. The van der Waals surface area contributed by atoms with Crippen molar-refractivity contribution in [2.45, 2.75) is 12.8 Å². The minimum absolute atomic E-state index is 0.567. The Balaban J connectivity index is 1.79. The number of rotatable bonds is 5. The Labute approximate surface area is 171 Å². The quantitative estimate of drug-likeness (QED) is 0.578. The summed E-state index contributed by atoms with van der Waals surface area (Å²) in [5, 5.41) is 6.87. The minimum Gasteiger partial charge on any atom is -0.493 e. The maximum absolute atomic E-state index is 5.46.